The molecule has 0 aliphatic heterocycles. The van der Waals surface area contributed by atoms with Gasteiger partial charge in [0.15, 0.2) is 11.6 Å². The van der Waals surface area contributed by atoms with Crippen molar-refractivity contribution in [3.63, 3.8) is 0 Å². The summed E-state index contributed by atoms with van der Waals surface area (Å²) in [5, 5.41) is 0.660. The van der Waals surface area contributed by atoms with E-state index in [2.05, 4.69) is 23.7 Å². The number of hydrogen-bond acceptors (Lipinski definition) is 0. The van der Waals surface area contributed by atoms with Crippen LogP contribution in [0.1, 0.15) is 41.2 Å². The first kappa shape index (κ1) is 22.2. The second kappa shape index (κ2) is 9.63. The summed E-state index contributed by atoms with van der Waals surface area (Å²) in [7, 11) is 0. The highest BCUT2D eigenvalue weighted by Crippen LogP contribution is 2.21. The molecule has 0 bridgehead atoms. The molecule has 0 N–H and O–H groups in total. The summed E-state index contributed by atoms with van der Waals surface area (Å²) in [4.78, 5) is 0. The standard InChI is InChI=1S/C29H18F4/c1-2-3-19-4-9-22(27(31)17-19)11-6-21-7-12-23(28(32)18-21)10-5-20-8-14-25-24(16-20)13-15-26(30)29(25)33/h4,7-9,12-18H,2-3H2,1H3. The molecule has 4 rings (SSSR count). The molecule has 0 heterocycles. The van der Waals surface area contributed by atoms with Crippen LogP contribution in [-0.2, 0) is 6.42 Å². The highest BCUT2D eigenvalue weighted by Gasteiger charge is 2.07. The number of rotatable bonds is 2. The molecule has 0 fully saturated rings. The van der Waals surface area contributed by atoms with Gasteiger partial charge in [-0.15, -0.1) is 0 Å². The minimum atomic E-state index is -0.914. The van der Waals surface area contributed by atoms with Crippen molar-refractivity contribution >= 4 is 10.8 Å². The average molecular weight is 442 g/mol. The molecule has 0 saturated carbocycles. The van der Waals surface area contributed by atoms with Gasteiger partial charge in [0.1, 0.15) is 11.6 Å². The van der Waals surface area contributed by atoms with Crippen LogP contribution >= 0.6 is 0 Å². The second-order valence-corrected chi connectivity index (χ2v) is 7.56. The molecule has 0 amide bonds. The monoisotopic (exact) mass is 442 g/mol. The fourth-order valence-electron chi connectivity index (χ4n) is 3.42. The summed E-state index contributed by atoms with van der Waals surface area (Å²) in [6, 6.07) is 16.4. The van der Waals surface area contributed by atoms with Crippen molar-refractivity contribution in [2.75, 3.05) is 0 Å². The van der Waals surface area contributed by atoms with Crippen LogP contribution in [0, 0.1) is 47.0 Å². The molecular weight excluding hydrogens is 424 g/mol. The van der Waals surface area contributed by atoms with E-state index in [4.69, 9.17) is 0 Å². The maximum atomic E-state index is 14.5. The minimum Gasteiger partial charge on any atom is -0.206 e. The van der Waals surface area contributed by atoms with Gasteiger partial charge in [-0.25, -0.2) is 17.6 Å². The summed E-state index contributed by atoms with van der Waals surface area (Å²) in [6.45, 7) is 2.03. The molecular formula is C29H18F4. The van der Waals surface area contributed by atoms with E-state index in [1.165, 1.54) is 30.3 Å². The predicted molar refractivity (Wildman–Crippen MR) is 123 cm³/mol. The maximum absolute atomic E-state index is 14.5. The van der Waals surface area contributed by atoms with Gasteiger partial charge in [0.25, 0.3) is 0 Å². The fraction of sp³-hybridized carbons (Fsp3) is 0.103. The number of benzene rings is 4. The van der Waals surface area contributed by atoms with Crippen molar-refractivity contribution in [2.45, 2.75) is 19.8 Å². The molecule has 4 heteroatoms. The summed E-state index contributed by atoms with van der Waals surface area (Å²) in [5.41, 5.74) is 2.28. The molecule has 0 atom stereocenters. The zero-order valence-corrected chi connectivity index (χ0v) is 17.8. The molecule has 0 aromatic heterocycles. The Bertz CT molecular complexity index is 1480. The summed E-state index contributed by atoms with van der Waals surface area (Å²) >= 11 is 0. The van der Waals surface area contributed by atoms with Gasteiger partial charge in [0, 0.05) is 16.5 Å². The Hall–Kier alpha value is -4.02. The van der Waals surface area contributed by atoms with Crippen LogP contribution in [0.4, 0.5) is 17.6 Å². The molecule has 0 nitrogen and oxygen atoms in total. The molecule has 0 saturated heterocycles. The fourth-order valence-corrected chi connectivity index (χ4v) is 3.42. The van der Waals surface area contributed by atoms with Gasteiger partial charge < -0.3 is 0 Å². The van der Waals surface area contributed by atoms with Gasteiger partial charge in [0.05, 0.1) is 11.1 Å². The zero-order valence-electron chi connectivity index (χ0n) is 17.8. The Morgan fingerprint density at radius 2 is 1.24 bits per heavy atom. The Balaban J connectivity index is 1.55. The predicted octanol–water partition coefficient (Wildman–Crippen LogP) is 7.15. The lowest BCUT2D eigenvalue weighted by atomic mass is 10.1. The zero-order chi connectivity index (χ0) is 23.4. The first-order valence-corrected chi connectivity index (χ1v) is 10.4. The quantitative estimate of drug-likeness (QED) is 0.228. The third kappa shape index (κ3) is 5.08. The van der Waals surface area contributed by atoms with Crippen LogP contribution in [0.3, 0.4) is 0 Å². The van der Waals surface area contributed by atoms with E-state index in [1.807, 2.05) is 13.0 Å². The van der Waals surface area contributed by atoms with Gasteiger partial charge in [-0.05, 0) is 65.9 Å². The molecule has 4 aromatic rings. The summed E-state index contributed by atoms with van der Waals surface area (Å²) in [5.74, 6) is 8.34. The normalized spacial score (nSPS) is 10.3. The van der Waals surface area contributed by atoms with Gasteiger partial charge in [-0.3, -0.25) is 0 Å². The maximum Gasteiger partial charge on any atom is 0.166 e. The second-order valence-electron chi connectivity index (χ2n) is 7.56. The van der Waals surface area contributed by atoms with Gasteiger partial charge in [-0.1, -0.05) is 55.2 Å². The van der Waals surface area contributed by atoms with Crippen molar-refractivity contribution in [1.82, 2.24) is 0 Å². The molecule has 0 aliphatic carbocycles. The van der Waals surface area contributed by atoms with Crippen molar-refractivity contribution in [2.24, 2.45) is 0 Å². The molecule has 0 radical (unpaired) electrons. The SMILES string of the molecule is CCCc1ccc(C#Cc2ccc(C#Cc3ccc4c(F)c(F)ccc4c3)c(F)c2)c(F)c1. The van der Waals surface area contributed by atoms with E-state index in [9.17, 15) is 17.6 Å². The Kier molecular flexibility index (Phi) is 6.48. The van der Waals surface area contributed by atoms with Crippen LogP contribution in [0.5, 0.6) is 0 Å². The first-order chi connectivity index (χ1) is 15.9. The first-order valence-electron chi connectivity index (χ1n) is 10.4. The number of fused-ring (bicyclic) bond motifs is 1. The Morgan fingerprint density at radius 3 is 1.91 bits per heavy atom. The topological polar surface area (TPSA) is 0 Å². The van der Waals surface area contributed by atoms with Gasteiger partial charge in [-0.2, -0.15) is 0 Å². The average Bonchev–Trinajstić information content (AvgIpc) is 2.80. The lowest BCUT2D eigenvalue weighted by Crippen LogP contribution is -1.90. The van der Waals surface area contributed by atoms with Crippen LogP contribution in [0.25, 0.3) is 10.8 Å². The summed E-state index contributed by atoms with van der Waals surface area (Å²) < 4.78 is 55.9. The van der Waals surface area contributed by atoms with E-state index in [-0.39, 0.29) is 16.5 Å². The van der Waals surface area contributed by atoms with Crippen molar-refractivity contribution in [1.29, 1.82) is 0 Å². The Labute approximate surface area is 189 Å². The lowest BCUT2D eigenvalue weighted by Gasteiger charge is -2.01. The molecule has 33 heavy (non-hydrogen) atoms. The van der Waals surface area contributed by atoms with Gasteiger partial charge >= 0.3 is 0 Å². The van der Waals surface area contributed by atoms with Crippen LogP contribution in [-0.4, -0.2) is 0 Å². The van der Waals surface area contributed by atoms with E-state index in [0.717, 1.165) is 24.5 Å². The minimum absolute atomic E-state index is 0.158. The van der Waals surface area contributed by atoms with E-state index < -0.39 is 23.3 Å². The third-order valence-corrected chi connectivity index (χ3v) is 5.13. The van der Waals surface area contributed by atoms with Gasteiger partial charge in [0.2, 0.25) is 0 Å². The van der Waals surface area contributed by atoms with Crippen molar-refractivity contribution < 1.29 is 17.6 Å². The third-order valence-electron chi connectivity index (χ3n) is 5.13. The molecule has 162 valence electrons. The highest BCUT2D eigenvalue weighted by atomic mass is 19.2. The molecule has 0 aliphatic rings. The molecule has 0 spiro atoms. The largest absolute Gasteiger partial charge is 0.206 e. The highest BCUT2D eigenvalue weighted by molar-refractivity contribution is 5.84. The van der Waals surface area contributed by atoms with Crippen molar-refractivity contribution in [3.05, 3.63) is 118 Å². The smallest absolute Gasteiger partial charge is 0.166 e. The number of hydrogen-bond donors (Lipinski definition) is 0. The number of halogens is 4. The summed E-state index contributed by atoms with van der Waals surface area (Å²) in [6.07, 6.45) is 1.73. The molecule has 4 aromatic carbocycles. The van der Waals surface area contributed by atoms with Crippen LogP contribution in [0.15, 0.2) is 66.7 Å². The van der Waals surface area contributed by atoms with Crippen molar-refractivity contribution in [3.8, 4) is 23.7 Å². The molecule has 0 unspecified atom stereocenters. The Morgan fingerprint density at radius 1 is 0.606 bits per heavy atom. The van der Waals surface area contributed by atoms with E-state index in [0.29, 0.717) is 16.5 Å². The van der Waals surface area contributed by atoms with E-state index in [1.54, 1.807) is 24.3 Å². The van der Waals surface area contributed by atoms with E-state index >= 15 is 0 Å². The van der Waals surface area contributed by atoms with Crippen LogP contribution in [0.2, 0.25) is 0 Å². The lowest BCUT2D eigenvalue weighted by molar-refractivity contribution is 0.517. The van der Waals surface area contributed by atoms with Crippen LogP contribution < -0.4 is 0 Å². The number of aryl methyl sites for hydroxylation is 1.